The minimum atomic E-state index is -3.74. The molecule has 3 rings (SSSR count). The fraction of sp³-hybridized carbons (Fsp3) is 0.278. The van der Waals surface area contributed by atoms with E-state index in [9.17, 15) is 21.6 Å². The van der Waals surface area contributed by atoms with E-state index in [1.165, 1.54) is 24.3 Å². The van der Waals surface area contributed by atoms with E-state index in [0.29, 0.717) is 17.0 Å². The molecule has 144 valence electrons. The maximum Gasteiger partial charge on any atom is 0.255 e. The Balaban J connectivity index is 1.73. The van der Waals surface area contributed by atoms with Crippen molar-refractivity contribution in [2.75, 3.05) is 23.9 Å². The van der Waals surface area contributed by atoms with Crippen LogP contribution in [0, 0.1) is 0 Å². The SMILES string of the molecule is COc1ccc(NC(=O)c2ccc(S(=O)(=O)[C@H]3CCS(=O)(=O)C3)cc2)cc1. The monoisotopic (exact) mass is 409 g/mol. The number of benzene rings is 2. The Labute approximate surface area is 158 Å². The molecule has 0 aliphatic carbocycles. The number of sulfone groups is 2. The summed E-state index contributed by atoms with van der Waals surface area (Å²) >= 11 is 0. The van der Waals surface area contributed by atoms with Crippen LogP contribution in [0.4, 0.5) is 5.69 Å². The molecule has 0 spiro atoms. The molecule has 27 heavy (non-hydrogen) atoms. The molecular formula is C18H19NO6S2. The molecule has 1 aliphatic rings. The third-order valence-electron chi connectivity index (χ3n) is 4.42. The van der Waals surface area contributed by atoms with Gasteiger partial charge < -0.3 is 10.1 Å². The largest absolute Gasteiger partial charge is 0.497 e. The lowest BCUT2D eigenvalue weighted by atomic mass is 10.2. The van der Waals surface area contributed by atoms with Gasteiger partial charge in [-0.05, 0) is 55.0 Å². The number of carbonyl (C=O) groups excluding carboxylic acids is 1. The van der Waals surface area contributed by atoms with E-state index in [-0.39, 0.29) is 28.7 Å². The second kappa shape index (κ2) is 7.32. The van der Waals surface area contributed by atoms with Crippen molar-refractivity contribution in [2.24, 2.45) is 0 Å². The van der Waals surface area contributed by atoms with Gasteiger partial charge in [-0.3, -0.25) is 4.79 Å². The first-order chi connectivity index (χ1) is 12.7. The molecular weight excluding hydrogens is 390 g/mol. The summed E-state index contributed by atoms with van der Waals surface area (Å²) in [5.74, 6) is -0.182. The summed E-state index contributed by atoms with van der Waals surface area (Å²) in [6.45, 7) is 0. The summed E-state index contributed by atoms with van der Waals surface area (Å²) in [6, 6.07) is 12.3. The van der Waals surface area contributed by atoms with Crippen LogP contribution in [-0.2, 0) is 19.7 Å². The van der Waals surface area contributed by atoms with Crippen molar-refractivity contribution in [1.82, 2.24) is 0 Å². The summed E-state index contributed by atoms with van der Waals surface area (Å²) in [6.07, 6.45) is 0.102. The van der Waals surface area contributed by atoms with E-state index in [2.05, 4.69) is 5.32 Å². The van der Waals surface area contributed by atoms with Crippen LogP contribution in [0.1, 0.15) is 16.8 Å². The number of hydrogen-bond donors (Lipinski definition) is 1. The van der Waals surface area contributed by atoms with E-state index in [4.69, 9.17) is 4.74 Å². The average molecular weight is 409 g/mol. The van der Waals surface area contributed by atoms with E-state index in [1.54, 1.807) is 31.4 Å². The highest BCUT2D eigenvalue weighted by molar-refractivity contribution is 7.96. The van der Waals surface area contributed by atoms with Gasteiger partial charge in [0.1, 0.15) is 5.75 Å². The number of ether oxygens (including phenoxy) is 1. The third-order valence-corrected chi connectivity index (χ3v) is 8.61. The highest BCUT2D eigenvalue weighted by atomic mass is 32.2. The normalized spacial score (nSPS) is 18.8. The van der Waals surface area contributed by atoms with Crippen molar-refractivity contribution >= 4 is 31.3 Å². The topological polar surface area (TPSA) is 107 Å². The molecule has 1 aliphatic heterocycles. The van der Waals surface area contributed by atoms with E-state index in [0.717, 1.165) is 0 Å². The summed E-state index contributed by atoms with van der Waals surface area (Å²) in [5.41, 5.74) is 0.873. The summed E-state index contributed by atoms with van der Waals surface area (Å²) in [4.78, 5) is 12.3. The molecule has 0 unspecified atom stereocenters. The van der Waals surface area contributed by atoms with Crippen LogP contribution >= 0.6 is 0 Å². The average Bonchev–Trinajstić information content (AvgIpc) is 3.03. The van der Waals surface area contributed by atoms with Crippen molar-refractivity contribution in [2.45, 2.75) is 16.6 Å². The maximum absolute atomic E-state index is 12.6. The third kappa shape index (κ3) is 4.30. The molecule has 9 heteroatoms. The van der Waals surface area contributed by atoms with Crippen LogP contribution in [0.25, 0.3) is 0 Å². The fourth-order valence-corrected chi connectivity index (χ4v) is 7.23. The fourth-order valence-electron chi connectivity index (χ4n) is 2.87. The molecule has 2 aromatic carbocycles. The first kappa shape index (κ1) is 19.4. The number of rotatable bonds is 5. The second-order valence-corrected chi connectivity index (χ2v) is 10.7. The van der Waals surface area contributed by atoms with Crippen molar-refractivity contribution in [3.8, 4) is 5.75 Å². The van der Waals surface area contributed by atoms with E-state index in [1.807, 2.05) is 0 Å². The van der Waals surface area contributed by atoms with Crippen LogP contribution in [0.3, 0.4) is 0 Å². The van der Waals surface area contributed by atoms with Crippen LogP contribution < -0.4 is 10.1 Å². The van der Waals surface area contributed by atoms with Crippen LogP contribution in [0.5, 0.6) is 5.75 Å². The van der Waals surface area contributed by atoms with Crippen LogP contribution in [0.15, 0.2) is 53.4 Å². The number of hydrogen-bond acceptors (Lipinski definition) is 6. The molecule has 2 aromatic rings. The van der Waals surface area contributed by atoms with Gasteiger partial charge in [0.25, 0.3) is 5.91 Å². The van der Waals surface area contributed by atoms with Crippen LogP contribution in [0.2, 0.25) is 0 Å². The molecule has 1 amide bonds. The molecule has 0 bridgehead atoms. The predicted octanol–water partition coefficient (Wildman–Crippen LogP) is 1.91. The minimum Gasteiger partial charge on any atom is -0.497 e. The van der Waals surface area contributed by atoms with Gasteiger partial charge in [0.05, 0.1) is 28.8 Å². The molecule has 0 radical (unpaired) electrons. The molecule has 1 saturated heterocycles. The van der Waals surface area contributed by atoms with Crippen molar-refractivity contribution in [1.29, 1.82) is 0 Å². The van der Waals surface area contributed by atoms with Crippen molar-refractivity contribution in [3.05, 3.63) is 54.1 Å². The van der Waals surface area contributed by atoms with Gasteiger partial charge in [-0.25, -0.2) is 16.8 Å². The Hall–Kier alpha value is -2.39. The van der Waals surface area contributed by atoms with Gasteiger partial charge in [-0.1, -0.05) is 0 Å². The van der Waals surface area contributed by atoms with Gasteiger partial charge in [0.15, 0.2) is 19.7 Å². The van der Waals surface area contributed by atoms with E-state index >= 15 is 0 Å². The molecule has 1 heterocycles. The Morgan fingerprint density at radius 2 is 1.70 bits per heavy atom. The highest BCUT2D eigenvalue weighted by Crippen LogP contribution is 2.25. The van der Waals surface area contributed by atoms with Crippen LogP contribution in [-0.4, -0.2) is 46.6 Å². The standard InChI is InChI=1S/C18H19NO6S2/c1-25-15-6-4-14(5-7-15)19-18(20)13-2-8-16(9-3-13)27(23,24)17-10-11-26(21,22)12-17/h2-9,17H,10-12H2,1H3,(H,19,20)/t17-/m0/s1. The zero-order valence-corrected chi connectivity index (χ0v) is 16.2. The van der Waals surface area contributed by atoms with Gasteiger partial charge in [0, 0.05) is 11.3 Å². The molecule has 7 nitrogen and oxygen atoms in total. The quantitative estimate of drug-likeness (QED) is 0.808. The first-order valence-corrected chi connectivity index (χ1v) is 11.6. The number of amides is 1. The van der Waals surface area contributed by atoms with E-state index < -0.39 is 24.9 Å². The zero-order chi connectivity index (χ0) is 19.7. The molecule has 1 N–H and O–H groups in total. The highest BCUT2D eigenvalue weighted by Gasteiger charge is 2.37. The Morgan fingerprint density at radius 1 is 1.07 bits per heavy atom. The van der Waals surface area contributed by atoms with Gasteiger partial charge in [-0.2, -0.15) is 0 Å². The van der Waals surface area contributed by atoms with Crippen molar-refractivity contribution < 1.29 is 26.4 Å². The second-order valence-electron chi connectivity index (χ2n) is 6.28. The minimum absolute atomic E-state index is 0.0191. The Kier molecular flexibility index (Phi) is 5.25. The Bertz CT molecular complexity index is 1040. The summed E-state index contributed by atoms with van der Waals surface area (Å²) in [5, 5.41) is 1.78. The number of carbonyl (C=O) groups is 1. The summed E-state index contributed by atoms with van der Waals surface area (Å²) in [7, 11) is -5.50. The number of methoxy groups -OCH3 is 1. The molecule has 1 atom stereocenters. The Morgan fingerprint density at radius 3 is 2.22 bits per heavy atom. The molecule has 0 saturated carbocycles. The van der Waals surface area contributed by atoms with Crippen molar-refractivity contribution in [3.63, 3.8) is 0 Å². The maximum atomic E-state index is 12.6. The van der Waals surface area contributed by atoms with Gasteiger partial charge in [0.2, 0.25) is 0 Å². The van der Waals surface area contributed by atoms with Gasteiger partial charge in [-0.15, -0.1) is 0 Å². The molecule has 1 fully saturated rings. The van der Waals surface area contributed by atoms with Gasteiger partial charge >= 0.3 is 0 Å². The lowest BCUT2D eigenvalue weighted by Gasteiger charge is -2.11. The zero-order valence-electron chi connectivity index (χ0n) is 14.6. The predicted molar refractivity (Wildman–Crippen MR) is 102 cm³/mol. The lowest BCUT2D eigenvalue weighted by Crippen LogP contribution is -2.22. The lowest BCUT2D eigenvalue weighted by molar-refractivity contribution is 0.102. The first-order valence-electron chi connectivity index (χ1n) is 8.21. The molecule has 0 aromatic heterocycles. The number of anilines is 1. The number of nitrogens with one attached hydrogen (secondary N) is 1. The summed E-state index contributed by atoms with van der Waals surface area (Å²) < 4.78 is 53.3. The smallest absolute Gasteiger partial charge is 0.255 e.